The lowest BCUT2D eigenvalue weighted by molar-refractivity contribution is 0.0950. The molecule has 3 aromatic rings. The lowest BCUT2D eigenvalue weighted by atomic mass is 10.1. The van der Waals surface area contributed by atoms with E-state index in [4.69, 9.17) is 9.47 Å². The van der Waals surface area contributed by atoms with Crippen LogP contribution in [-0.2, 0) is 0 Å². The van der Waals surface area contributed by atoms with Crippen molar-refractivity contribution in [2.75, 3.05) is 13.7 Å². The fourth-order valence-electron chi connectivity index (χ4n) is 2.65. The van der Waals surface area contributed by atoms with E-state index in [1.54, 1.807) is 19.3 Å². The summed E-state index contributed by atoms with van der Waals surface area (Å²) >= 11 is 0. The van der Waals surface area contributed by atoms with Crippen molar-refractivity contribution >= 4 is 18.2 Å². The predicted molar refractivity (Wildman–Crippen MR) is 113 cm³/mol. The summed E-state index contributed by atoms with van der Waals surface area (Å²) in [7, 11) is 1.62. The van der Waals surface area contributed by atoms with Crippen LogP contribution < -0.4 is 14.9 Å². The molecule has 0 atom stereocenters. The number of ether oxygens (including phenoxy) is 2. The Labute approximate surface area is 169 Å². The van der Waals surface area contributed by atoms with Gasteiger partial charge in [-0.25, -0.2) is 5.43 Å². The first-order valence-corrected chi connectivity index (χ1v) is 9.13. The molecule has 0 saturated heterocycles. The Bertz CT molecular complexity index is 1020. The molecule has 1 heterocycles. The zero-order valence-corrected chi connectivity index (χ0v) is 16.3. The highest BCUT2D eigenvalue weighted by molar-refractivity contribution is 5.94. The number of hydrazone groups is 1. The number of hydrogen-bond acceptors (Lipinski definition) is 5. The Morgan fingerprint density at radius 2 is 2.07 bits per heavy atom. The Balaban J connectivity index is 1.60. The predicted octanol–water partition coefficient (Wildman–Crippen LogP) is 3.91. The van der Waals surface area contributed by atoms with Crippen LogP contribution in [0.5, 0.6) is 11.5 Å². The number of H-pyrrole nitrogens is 1. The van der Waals surface area contributed by atoms with Gasteiger partial charge in [0.25, 0.3) is 5.91 Å². The van der Waals surface area contributed by atoms with E-state index in [1.807, 2.05) is 61.5 Å². The molecule has 0 saturated carbocycles. The van der Waals surface area contributed by atoms with Gasteiger partial charge in [-0.3, -0.25) is 9.89 Å². The molecular formula is C22H22N4O3. The third-order valence-corrected chi connectivity index (χ3v) is 4.00. The molecule has 0 fully saturated rings. The highest BCUT2D eigenvalue weighted by Gasteiger charge is 2.10. The van der Waals surface area contributed by atoms with Gasteiger partial charge in [0, 0.05) is 17.3 Å². The molecule has 7 heteroatoms. The fraction of sp³-hybridized carbons (Fsp3) is 0.136. The summed E-state index contributed by atoms with van der Waals surface area (Å²) in [5.74, 6) is 1.14. The van der Waals surface area contributed by atoms with Crippen LogP contribution in [0.1, 0.15) is 23.0 Å². The number of aromatic amines is 1. The van der Waals surface area contributed by atoms with Gasteiger partial charge in [0.2, 0.25) is 0 Å². The van der Waals surface area contributed by atoms with E-state index in [0.29, 0.717) is 18.0 Å². The number of carbonyl (C=O) groups is 1. The molecule has 0 aliphatic heterocycles. The maximum absolute atomic E-state index is 12.2. The van der Waals surface area contributed by atoms with E-state index in [2.05, 4.69) is 20.7 Å². The maximum Gasteiger partial charge on any atom is 0.289 e. The number of carbonyl (C=O) groups excluding carboxylic acids is 1. The Kier molecular flexibility index (Phi) is 6.78. The van der Waals surface area contributed by atoms with E-state index in [9.17, 15) is 4.79 Å². The van der Waals surface area contributed by atoms with Crippen molar-refractivity contribution in [3.63, 3.8) is 0 Å². The highest BCUT2D eigenvalue weighted by Crippen LogP contribution is 2.23. The summed E-state index contributed by atoms with van der Waals surface area (Å²) in [5, 5.41) is 10.8. The minimum Gasteiger partial charge on any atom is -0.496 e. The zero-order valence-electron chi connectivity index (χ0n) is 16.3. The van der Waals surface area contributed by atoms with Gasteiger partial charge in [0.1, 0.15) is 17.2 Å². The average Bonchev–Trinajstić information content (AvgIpc) is 3.25. The van der Waals surface area contributed by atoms with Crippen molar-refractivity contribution in [2.24, 2.45) is 5.10 Å². The van der Waals surface area contributed by atoms with Crippen molar-refractivity contribution in [1.29, 1.82) is 0 Å². The zero-order chi connectivity index (χ0) is 20.5. The standard InChI is InChI=1S/C22H22N4O3/c1-3-29-18-11-6-9-17(14-18)19-15-20(25-24-19)22(27)26-23-13-7-10-16-8-4-5-12-21(16)28-2/h4-15H,3H2,1-2H3,(H,24,25)(H,26,27). The van der Waals surface area contributed by atoms with E-state index >= 15 is 0 Å². The minimum atomic E-state index is -0.383. The number of hydrogen-bond donors (Lipinski definition) is 2. The molecule has 0 aliphatic rings. The maximum atomic E-state index is 12.2. The summed E-state index contributed by atoms with van der Waals surface area (Å²) in [6, 6.07) is 16.8. The molecule has 0 bridgehead atoms. The lowest BCUT2D eigenvalue weighted by Crippen LogP contribution is -2.17. The van der Waals surface area contributed by atoms with Gasteiger partial charge in [-0.2, -0.15) is 10.2 Å². The summed E-state index contributed by atoms with van der Waals surface area (Å²) in [6.07, 6.45) is 5.05. The summed E-state index contributed by atoms with van der Waals surface area (Å²) in [4.78, 5) is 12.2. The average molecular weight is 390 g/mol. The first-order valence-electron chi connectivity index (χ1n) is 9.13. The van der Waals surface area contributed by atoms with E-state index in [0.717, 1.165) is 22.6 Å². The van der Waals surface area contributed by atoms with Crippen LogP contribution in [0.4, 0.5) is 0 Å². The topological polar surface area (TPSA) is 88.6 Å². The number of amides is 1. The monoisotopic (exact) mass is 390 g/mol. The van der Waals surface area contributed by atoms with Gasteiger partial charge in [0.15, 0.2) is 0 Å². The molecule has 148 valence electrons. The van der Waals surface area contributed by atoms with Crippen LogP contribution in [0.2, 0.25) is 0 Å². The second kappa shape index (κ2) is 9.89. The summed E-state index contributed by atoms with van der Waals surface area (Å²) < 4.78 is 10.8. The van der Waals surface area contributed by atoms with Gasteiger partial charge in [0.05, 0.1) is 19.4 Å². The molecule has 0 radical (unpaired) electrons. The molecule has 2 aromatic carbocycles. The van der Waals surface area contributed by atoms with Gasteiger partial charge >= 0.3 is 0 Å². The summed E-state index contributed by atoms with van der Waals surface area (Å²) in [5.41, 5.74) is 5.20. The number of nitrogens with one attached hydrogen (secondary N) is 2. The minimum absolute atomic E-state index is 0.313. The van der Waals surface area contributed by atoms with Crippen molar-refractivity contribution in [1.82, 2.24) is 15.6 Å². The van der Waals surface area contributed by atoms with Gasteiger partial charge in [-0.15, -0.1) is 0 Å². The van der Waals surface area contributed by atoms with E-state index < -0.39 is 0 Å². The third kappa shape index (κ3) is 5.32. The van der Waals surface area contributed by atoms with Crippen molar-refractivity contribution < 1.29 is 14.3 Å². The molecule has 0 aliphatic carbocycles. The molecule has 29 heavy (non-hydrogen) atoms. The Hall–Kier alpha value is -3.87. The first-order chi connectivity index (χ1) is 14.2. The van der Waals surface area contributed by atoms with Crippen LogP contribution in [0.15, 0.2) is 65.8 Å². The van der Waals surface area contributed by atoms with Crippen LogP contribution >= 0.6 is 0 Å². The van der Waals surface area contributed by atoms with E-state index in [-0.39, 0.29) is 5.91 Å². The van der Waals surface area contributed by atoms with Gasteiger partial charge in [-0.05, 0) is 43.3 Å². The first kappa shape index (κ1) is 19.9. The number of rotatable bonds is 8. The van der Waals surface area contributed by atoms with Crippen LogP contribution in [0, 0.1) is 0 Å². The number of nitrogens with zero attached hydrogens (tertiary/aromatic N) is 2. The molecule has 1 amide bonds. The molecule has 1 aromatic heterocycles. The number of aromatic nitrogens is 2. The van der Waals surface area contributed by atoms with E-state index in [1.165, 1.54) is 6.21 Å². The van der Waals surface area contributed by atoms with Crippen molar-refractivity contribution in [2.45, 2.75) is 6.92 Å². The lowest BCUT2D eigenvalue weighted by Gasteiger charge is -2.03. The molecule has 3 rings (SSSR count). The SMILES string of the molecule is CCOc1cccc(-c2cc(C(=O)NN=CC=Cc3ccccc3OC)[nH]n2)c1. The highest BCUT2D eigenvalue weighted by atomic mass is 16.5. The van der Waals surface area contributed by atoms with Crippen molar-refractivity contribution in [3.05, 3.63) is 71.9 Å². The number of benzene rings is 2. The second-order valence-electron chi connectivity index (χ2n) is 5.95. The van der Waals surface area contributed by atoms with Crippen LogP contribution in [0.25, 0.3) is 17.3 Å². The van der Waals surface area contributed by atoms with Crippen LogP contribution in [-0.4, -0.2) is 36.0 Å². The quantitative estimate of drug-likeness (QED) is 0.451. The second-order valence-corrected chi connectivity index (χ2v) is 5.95. The number of allylic oxidation sites excluding steroid dienone is 1. The number of methoxy groups -OCH3 is 1. The molecule has 2 N–H and O–H groups in total. The molecule has 7 nitrogen and oxygen atoms in total. The normalized spacial score (nSPS) is 11.1. The third-order valence-electron chi connectivity index (χ3n) is 4.00. The van der Waals surface area contributed by atoms with Gasteiger partial charge < -0.3 is 9.47 Å². The Morgan fingerprint density at radius 3 is 2.90 bits per heavy atom. The van der Waals surface area contributed by atoms with Crippen LogP contribution in [0.3, 0.4) is 0 Å². The largest absolute Gasteiger partial charge is 0.496 e. The number of para-hydroxylation sites is 1. The smallest absolute Gasteiger partial charge is 0.289 e. The van der Waals surface area contributed by atoms with Crippen molar-refractivity contribution in [3.8, 4) is 22.8 Å². The molecule has 0 unspecified atom stereocenters. The molecule has 0 spiro atoms. The Morgan fingerprint density at radius 1 is 1.21 bits per heavy atom. The summed E-state index contributed by atoms with van der Waals surface area (Å²) in [6.45, 7) is 2.51. The van der Waals surface area contributed by atoms with Gasteiger partial charge in [-0.1, -0.05) is 30.3 Å². The fourth-order valence-corrected chi connectivity index (χ4v) is 2.65. The molecular weight excluding hydrogens is 368 g/mol.